The third-order valence-electron chi connectivity index (χ3n) is 5.94. The quantitative estimate of drug-likeness (QED) is 0.807. The van der Waals surface area contributed by atoms with E-state index >= 15 is 0 Å². The number of nitrogens with zero attached hydrogens (tertiary/aromatic N) is 3. The molecule has 0 spiro atoms. The minimum atomic E-state index is -1.86. The molecule has 24 heavy (non-hydrogen) atoms. The van der Waals surface area contributed by atoms with Crippen LogP contribution in [-0.2, 0) is 4.79 Å². The summed E-state index contributed by atoms with van der Waals surface area (Å²) >= 11 is 0. The van der Waals surface area contributed by atoms with Crippen LogP contribution in [0.3, 0.4) is 0 Å². The van der Waals surface area contributed by atoms with Crippen molar-refractivity contribution >= 4 is 5.91 Å². The largest absolute Gasteiger partial charge is 0.468 e. The Morgan fingerprint density at radius 3 is 2.62 bits per heavy atom. The highest BCUT2D eigenvalue weighted by molar-refractivity contribution is 5.92. The van der Waals surface area contributed by atoms with E-state index in [9.17, 15) is 20.6 Å². The normalized spacial score (nSPS) is 39.0. The molecule has 1 saturated carbocycles. The lowest BCUT2D eigenvalue weighted by Crippen LogP contribution is -2.68. The molecule has 2 saturated heterocycles. The van der Waals surface area contributed by atoms with E-state index in [1.54, 1.807) is 12.1 Å². The summed E-state index contributed by atoms with van der Waals surface area (Å²) in [4.78, 5) is 12.9. The number of hydrogen-bond donors (Lipinski definition) is 2. The van der Waals surface area contributed by atoms with E-state index in [2.05, 4.69) is 16.7 Å². The molecule has 2 aliphatic heterocycles. The van der Waals surface area contributed by atoms with Gasteiger partial charge in [-0.15, -0.1) is 0 Å². The lowest BCUT2D eigenvalue weighted by Gasteiger charge is -2.53. The number of carbonyl (C=O) groups excluding carboxylic acids is 1. The average molecular weight is 321 g/mol. The summed E-state index contributed by atoms with van der Waals surface area (Å²) in [5.41, 5.74) is -4.33. The predicted molar refractivity (Wildman–Crippen MR) is 79.1 cm³/mol. The second kappa shape index (κ2) is 4.60. The minimum absolute atomic E-state index is 0.387. The number of nitrogens with one attached hydrogen (secondary N) is 2. The Bertz CT molecular complexity index is 813. The molecule has 7 heteroatoms. The molecule has 1 aliphatic carbocycles. The van der Waals surface area contributed by atoms with Crippen LogP contribution in [0.5, 0.6) is 0 Å². The van der Waals surface area contributed by atoms with Crippen LogP contribution in [0.2, 0.25) is 0 Å². The molecule has 1 aromatic rings. The first-order chi connectivity index (χ1) is 11.6. The van der Waals surface area contributed by atoms with Crippen LogP contribution in [0.1, 0.15) is 37.5 Å². The molecule has 3 fully saturated rings. The monoisotopic (exact) mass is 321 g/mol. The molecule has 2 N–H and O–H groups in total. The Morgan fingerprint density at radius 1 is 1.21 bits per heavy atom. The number of hydrogen-bond acceptors (Lipinski definition) is 6. The molecule has 2 bridgehead atoms. The zero-order valence-electron chi connectivity index (χ0n) is 12.9. The molecule has 3 aliphatic rings. The second-order valence-corrected chi connectivity index (χ2v) is 6.77. The lowest BCUT2D eigenvalue weighted by molar-refractivity contribution is -0.130. The maximum absolute atomic E-state index is 12.9. The van der Waals surface area contributed by atoms with Crippen molar-refractivity contribution in [2.45, 2.75) is 37.4 Å². The van der Waals surface area contributed by atoms with Gasteiger partial charge in [0.05, 0.1) is 30.1 Å². The Balaban J connectivity index is 2.02. The van der Waals surface area contributed by atoms with E-state index in [0.717, 1.165) is 12.8 Å². The van der Waals surface area contributed by atoms with Crippen molar-refractivity contribution in [1.82, 2.24) is 10.6 Å². The fraction of sp³-hybridized carbons (Fsp3) is 0.529. The number of nitriles is 3. The smallest absolute Gasteiger partial charge is 0.245 e. The fourth-order valence-electron chi connectivity index (χ4n) is 4.91. The number of rotatable bonds is 1. The molecule has 4 atom stereocenters. The summed E-state index contributed by atoms with van der Waals surface area (Å²) < 4.78 is 5.44. The van der Waals surface area contributed by atoms with Gasteiger partial charge in [0.1, 0.15) is 11.8 Å². The van der Waals surface area contributed by atoms with E-state index in [-0.39, 0.29) is 0 Å². The molecule has 0 unspecified atom stereocenters. The topological polar surface area (TPSA) is 126 Å². The first kappa shape index (κ1) is 14.8. The van der Waals surface area contributed by atoms with Gasteiger partial charge >= 0.3 is 0 Å². The van der Waals surface area contributed by atoms with Crippen LogP contribution in [0, 0.1) is 50.7 Å². The van der Waals surface area contributed by atoms with E-state index in [1.165, 1.54) is 6.26 Å². The number of furan rings is 1. The van der Waals surface area contributed by atoms with Gasteiger partial charge in [-0.25, -0.2) is 0 Å². The van der Waals surface area contributed by atoms with Crippen LogP contribution >= 0.6 is 0 Å². The highest BCUT2D eigenvalue weighted by Crippen LogP contribution is 2.64. The van der Waals surface area contributed by atoms with Gasteiger partial charge in [-0.2, -0.15) is 15.8 Å². The summed E-state index contributed by atoms with van der Waals surface area (Å²) in [7, 11) is 0. The molecule has 1 amide bonds. The van der Waals surface area contributed by atoms with Gasteiger partial charge in [-0.3, -0.25) is 10.1 Å². The lowest BCUT2D eigenvalue weighted by atomic mass is 9.50. The van der Waals surface area contributed by atoms with Crippen LogP contribution in [0.4, 0.5) is 0 Å². The van der Waals surface area contributed by atoms with Gasteiger partial charge in [0.2, 0.25) is 5.91 Å². The van der Waals surface area contributed by atoms with Gasteiger partial charge in [-0.05, 0) is 31.4 Å². The van der Waals surface area contributed by atoms with E-state index in [1.807, 2.05) is 12.1 Å². The summed E-state index contributed by atoms with van der Waals surface area (Å²) in [6.07, 6.45) is 4.51. The van der Waals surface area contributed by atoms with Gasteiger partial charge in [0.25, 0.3) is 0 Å². The van der Waals surface area contributed by atoms with Gasteiger partial charge < -0.3 is 9.73 Å². The third kappa shape index (κ3) is 1.36. The Hall–Kier alpha value is -2.82. The molecule has 4 rings (SSSR count). The molecule has 0 radical (unpaired) electrons. The van der Waals surface area contributed by atoms with Gasteiger partial charge in [0.15, 0.2) is 10.8 Å². The zero-order valence-corrected chi connectivity index (χ0v) is 12.9. The van der Waals surface area contributed by atoms with Crippen molar-refractivity contribution in [3.63, 3.8) is 0 Å². The van der Waals surface area contributed by atoms with Crippen molar-refractivity contribution in [2.75, 3.05) is 0 Å². The van der Waals surface area contributed by atoms with Crippen molar-refractivity contribution in [3.05, 3.63) is 24.2 Å². The third-order valence-corrected chi connectivity index (χ3v) is 5.94. The summed E-state index contributed by atoms with van der Waals surface area (Å²) in [6, 6.07) is 8.61. The van der Waals surface area contributed by atoms with Crippen LogP contribution < -0.4 is 10.6 Å². The first-order valence-electron chi connectivity index (χ1n) is 7.98. The Labute approximate surface area is 138 Å². The standard InChI is InChI=1S/C17H15N5O2/c18-8-15(9-19)13(11-4-3-7-24-11)21-17-6-2-1-5-12(17)16(15,10-20)14(23)22-17/h3-4,7,12-13,21H,1-2,5-6H2,(H,22,23)/t12-,13+,16-,17-/m0/s1. The Morgan fingerprint density at radius 2 is 2.00 bits per heavy atom. The van der Waals surface area contributed by atoms with E-state index in [0.29, 0.717) is 18.6 Å². The number of piperidine rings is 1. The van der Waals surface area contributed by atoms with Gasteiger partial charge in [0, 0.05) is 5.92 Å². The fourth-order valence-corrected chi connectivity index (χ4v) is 4.91. The van der Waals surface area contributed by atoms with Crippen molar-refractivity contribution < 1.29 is 9.21 Å². The number of carbonyl (C=O) groups is 1. The molecule has 7 nitrogen and oxygen atoms in total. The molecule has 3 heterocycles. The SMILES string of the molecule is N#CC1(C#N)[C@@H](c2ccco2)N[C@]23CCCC[C@H]2[C@@]1(C#N)C(=O)N3. The highest BCUT2D eigenvalue weighted by Gasteiger charge is 2.79. The molecular formula is C17H15N5O2. The van der Waals surface area contributed by atoms with Crippen LogP contribution in [0.15, 0.2) is 22.8 Å². The predicted octanol–water partition coefficient (Wildman–Crippen LogP) is 1.48. The molecular weight excluding hydrogens is 306 g/mol. The Kier molecular flexibility index (Phi) is 2.83. The van der Waals surface area contributed by atoms with Crippen molar-refractivity contribution in [2.24, 2.45) is 16.7 Å². The average Bonchev–Trinajstić information content (AvgIpc) is 3.19. The van der Waals surface area contributed by atoms with Crippen molar-refractivity contribution in [1.29, 1.82) is 15.8 Å². The maximum Gasteiger partial charge on any atom is 0.245 e. The zero-order chi connectivity index (χ0) is 17.0. The summed E-state index contributed by atoms with van der Waals surface area (Å²) in [6.45, 7) is 0. The highest BCUT2D eigenvalue weighted by atomic mass is 16.3. The van der Waals surface area contributed by atoms with Gasteiger partial charge in [-0.1, -0.05) is 6.42 Å². The second-order valence-electron chi connectivity index (χ2n) is 6.77. The minimum Gasteiger partial charge on any atom is -0.468 e. The molecule has 0 aromatic carbocycles. The summed E-state index contributed by atoms with van der Waals surface area (Å²) in [5.74, 6) is -0.555. The number of amides is 1. The van der Waals surface area contributed by atoms with Crippen LogP contribution in [-0.4, -0.2) is 11.6 Å². The summed E-state index contributed by atoms with van der Waals surface area (Å²) in [5, 5.41) is 36.2. The molecule has 1 aromatic heterocycles. The molecule has 120 valence electrons. The van der Waals surface area contributed by atoms with E-state index < -0.39 is 34.4 Å². The van der Waals surface area contributed by atoms with Crippen molar-refractivity contribution in [3.8, 4) is 18.2 Å². The maximum atomic E-state index is 12.9. The first-order valence-corrected chi connectivity index (χ1v) is 7.98. The van der Waals surface area contributed by atoms with E-state index in [4.69, 9.17) is 4.42 Å². The van der Waals surface area contributed by atoms with Crippen LogP contribution in [0.25, 0.3) is 0 Å².